The van der Waals surface area contributed by atoms with Gasteiger partial charge in [-0.25, -0.2) is 9.07 Å². The zero-order chi connectivity index (χ0) is 12.3. The van der Waals surface area contributed by atoms with E-state index in [1.54, 1.807) is 23.1 Å². The van der Waals surface area contributed by atoms with Crippen molar-refractivity contribution in [3.8, 4) is 0 Å². The Labute approximate surface area is 104 Å². The van der Waals surface area contributed by atoms with E-state index >= 15 is 0 Å². The van der Waals surface area contributed by atoms with Crippen LogP contribution in [0.25, 0.3) is 6.20 Å². The van der Waals surface area contributed by atoms with Gasteiger partial charge in [0.1, 0.15) is 5.82 Å². The molecule has 0 saturated carbocycles. The first kappa shape index (κ1) is 11.7. The lowest BCUT2D eigenvalue weighted by Gasteiger charge is -2.05. The summed E-state index contributed by atoms with van der Waals surface area (Å²) < 4.78 is 14.8. The molecule has 1 N–H and O–H groups in total. The standard InChI is InChI=1S/C12H11ClFN3/c1-2-17-8-9(7-16-17)6-15-10-3-4-11(13)12(14)5-10/h2-5,7-8,15H,1,6H2. The number of hydrogen-bond acceptors (Lipinski definition) is 2. The first-order valence-electron chi connectivity index (χ1n) is 5.03. The molecule has 17 heavy (non-hydrogen) atoms. The van der Waals surface area contributed by atoms with Crippen molar-refractivity contribution in [3.63, 3.8) is 0 Å². The van der Waals surface area contributed by atoms with Crippen LogP contribution in [0.15, 0.2) is 37.2 Å². The van der Waals surface area contributed by atoms with Crippen LogP contribution in [-0.4, -0.2) is 9.78 Å². The molecule has 0 bridgehead atoms. The summed E-state index contributed by atoms with van der Waals surface area (Å²) in [5.41, 5.74) is 1.67. The molecule has 3 nitrogen and oxygen atoms in total. The zero-order valence-electron chi connectivity index (χ0n) is 9.03. The monoisotopic (exact) mass is 251 g/mol. The third-order valence-electron chi connectivity index (χ3n) is 2.26. The van der Waals surface area contributed by atoms with Crippen LogP contribution in [0.4, 0.5) is 10.1 Å². The molecule has 1 heterocycles. The van der Waals surface area contributed by atoms with Crippen molar-refractivity contribution < 1.29 is 4.39 Å². The average molecular weight is 252 g/mol. The van der Waals surface area contributed by atoms with Crippen LogP contribution < -0.4 is 5.32 Å². The van der Waals surface area contributed by atoms with Gasteiger partial charge in [0.05, 0.1) is 11.2 Å². The van der Waals surface area contributed by atoms with Crippen molar-refractivity contribution in [1.82, 2.24) is 9.78 Å². The molecule has 1 aromatic heterocycles. The van der Waals surface area contributed by atoms with Crippen LogP contribution in [-0.2, 0) is 6.54 Å². The number of benzene rings is 1. The lowest BCUT2D eigenvalue weighted by atomic mass is 10.3. The van der Waals surface area contributed by atoms with Crippen LogP contribution in [0.3, 0.4) is 0 Å². The molecular formula is C12H11ClFN3. The van der Waals surface area contributed by atoms with Crippen molar-refractivity contribution in [2.75, 3.05) is 5.32 Å². The summed E-state index contributed by atoms with van der Waals surface area (Å²) in [6, 6.07) is 4.61. The van der Waals surface area contributed by atoms with Gasteiger partial charge in [-0.15, -0.1) is 0 Å². The van der Waals surface area contributed by atoms with Gasteiger partial charge in [-0.2, -0.15) is 5.10 Å². The first-order valence-corrected chi connectivity index (χ1v) is 5.41. The number of anilines is 1. The molecule has 88 valence electrons. The molecule has 0 saturated heterocycles. The van der Waals surface area contributed by atoms with Gasteiger partial charge in [-0.05, 0) is 18.2 Å². The van der Waals surface area contributed by atoms with Gasteiger partial charge in [0.2, 0.25) is 0 Å². The minimum atomic E-state index is -0.432. The van der Waals surface area contributed by atoms with E-state index in [4.69, 9.17) is 11.6 Å². The summed E-state index contributed by atoms with van der Waals surface area (Å²) in [7, 11) is 0. The highest BCUT2D eigenvalue weighted by Gasteiger charge is 2.01. The van der Waals surface area contributed by atoms with Crippen molar-refractivity contribution in [1.29, 1.82) is 0 Å². The minimum absolute atomic E-state index is 0.120. The van der Waals surface area contributed by atoms with E-state index in [-0.39, 0.29) is 5.02 Å². The maximum Gasteiger partial charge on any atom is 0.143 e. The molecule has 0 unspecified atom stereocenters. The van der Waals surface area contributed by atoms with Crippen LogP contribution in [0, 0.1) is 5.82 Å². The Hall–Kier alpha value is -1.81. The van der Waals surface area contributed by atoms with Crippen molar-refractivity contribution in [2.24, 2.45) is 0 Å². The summed E-state index contributed by atoms with van der Waals surface area (Å²) in [5.74, 6) is -0.432. The Morgan fingerprint density at radius 3 is 3.00 bits per heavy atom. The van der Waals surface area contributed by atoms with Crippen LogP contribution in [0.5, 0.6) is 0 Å². The van der Waals surface area contributed by atoms with Crippen LogP contribution in [0.1, 0.15) is 5.56 Å². The maximum atomic E-state index is 13.2. The predicted molar refractivity (Wildman–Crippen MR) is 67.4 cm³/mol. The smallest absolute Gasteiger partial charge is 0.143 e. The third kappa shape index (κ3) is 2.85. The molecule has 0 radical (unpaired) electrons. The van der Waals surface area contributed by atoms with Crippen molar-refractivity contribution in [2.45, 2.75) is 6.54 Å². The van der Waals surface area contributed by atoms with Gasteiger partial charge >= 0.3 is 0 Å². The van der Waals surface area contributed by atoms with Crippen LogP contribution >= 0.6 is 11.6 Å². The van der Waals surface area contributed by atoms with E-state index in [9.17, 15) is 4.39 Å². The Kier molecular flexibility index (Phi) is 3.44. The topological polar surface area (TPSA) is 29.9 Å². The first-order chi connectivity index (χ1) is 8.19. The molecular weight excluding hydrogens is 241 g/mol. The van der Waals surface area contributed by atoms with E-state index in [1.165, 1.54) is 12.1 Å². The Balaban J connectivity index is 2.01. The van der Waals surface area contributed by atoms with Crippen molar-refractivity contribution >= 4 is 23.5 Å². The quantitative estimate of drug-likeness (QED) is 0.903. The minimum Gasteiger partial charge on any atom is -0.381 e. The molecule has 5 heteroatoms. The second-order valence-corrected chi connectivity index (χ2v) is 3.90. The van der Waals surface area contributed by atoms with E-state index < -0.39 is 5.82 Å². The number of halogens is 2. The maximum absolute atomic E-state index is 13.2. The SMILES string of the molecule is C=Cn1cc(CNc2ccc(Cl)c(F)c2)cn1. The normalized spacial score (nSPS) is 10.2. The lowest BCUT2D eigenvalue weighted by Crippen LogP contribution is -1.98. The van der Waals surface area contributed by atoms with Gasteiger partial charge in [-0.1, -0.05) is 18.2 Å². The Bertz CT molecular complexity index is 536. The largest absolute Gasteiger partial charge is 0.381 e. The summed E-state index contributed by atoms with van der Waals surface area (Å²) in [6.07, 6.45) is 5.17. The summed E-state index contributed by atoms with van der Waals surface area (Å²) in [4.78, 5) is 0. The molecule has 0 atom stereocenters. The Morgan fingerprint density at radius 2 is 2.35 bits per heavy atom. The fraction of sp³-hybridized carbons (Fsp3) is 0.0833. The van der Waals surface area contributed by atoms with E-state index in [2.05, 4.69) is 17.0 Å². The van der Waals surface area contributed by atoms with Crippen molar-refractivity contribution in [3.05, 3.63) is 53.6 Å². The lowest BCUT2D eigenvalue weighted by molar-refractivity contribution is 0.628. The predicted octanol–water partition coefficient (Wildman–Crippen LogP) is 3.39. The molecule has 2 aromatic rings. The summed E-state index contributed by atoms with van der Waals surface area (Å²) in [5, 5.41) is 7.24. The fourth-order valence-electron chi connectivity index (χ4n) is 1.38. The number of nitrogens with zero attached hydrogens (tertiary/aromatic N) is 2. The number of nitrogens with one attached hydrogen (secondary N) is 1. The molecule has 0 amide bonds. The van der Waals surface area contributed by atoms with Gasteiger partial charge in [0, 0.05) is 30.2 Å². The van der Waals surface area contributed by atoms with Gasteiger partial charge in [-0.3, -0.25) is 0 Å². The Morgan fingerprint density at radius 1 is 1.53 bits per heavy atom. The second-order valence-electron chi connectivity index (χ2n) is 3.49. The number of hydrogen-bond donors (Lipinski definition) is 1. The second kappa shape index (κ2) is 5.01. The molecule has 0 spiro atoms. The zero-order valence-corrected chi connectivity index (χ0v) is 9.78. The fourth-order valence-corrected chi connectivity index (χ4v) is 1.50. The highest BCUT2D eigenvalue weighted by molar-refractivity contribution is 6.30. The number of aromatic nitrogens is 2. The molecule has 0 aliphatic carbocycles. The summed E-state index contributed by atoms with van der Waals surface area (Å²) >= 11 is 5.59. The molecule has 0 fully saturated rings. The highest BCUT2D eigenvalue weighted by atomic mass is 35.5. The summed E-state index contributed by atoms with van der Waals surface area (Å²) in [6.45, 7) is 4.16. The molecule has 2 rings (SSSR count). The van der Waals surface area contributed by atoms with E-state index in [1.807, 2.05) is 6.20 Å². The third-order valence-corrected chi connectivity index (χ3v) is 2.56. The van der Waals surface area contributed by atoms with Gasteiger partial charge in [0.15, 0.2) is 0 Å². The van der Waals surface area contributed by atoms with E-state index in [0.717, 1.165) is 5.56 Å². The molecule has 0 aliphatic heterocycles. The van der Waals surface area contributed by atoms with Gasteiger partial charge < -0.3 is 5.32 Å². The van der Waals surface area contributed by atoms with E-state index in [0.29, 0.717) is 12.2 Å². The highest BCUT2D eigenvalue weighted by Crippen LogP contribution is 2.19. The number of rotatable bonds is 4. The average Bonchev–Trinajstić information content (AvgIpc) is 2.79. The molecule has 1 aromatic carbocycles. The molecule has 0 aliphatic rings. The van der Waals surface area contributed by atoms with Gasteiger partial charge in [0.25, 0.3) is 0 Å². The van der Waals surface area contributed by atoms with Crippen LogP contribution in [0.2, 0.25) is 5.02 Å².